The van der Waals surface area contributed by atoms with Crippen LogP contribution in [-0.4, -0.2) is 23.0 Å². The molecule has 0 saturated carbocycles. The molecule has 3 nitrogen and oxygen atoms in total. The Morgan fingerprint density at radius 1 is 0.388 bits per heavy atom. The summed E-state index contributed by atoms with van der Waals surface area (Å²) >= 11 is 0. The van der Waals surface area contributed by atoms with Crippen molar-refractivity contribution in [3.8, 4) is 45.3 Å². The molecule has 0 saturated heterocycles. The molecule has 2 heterocycles. The van der Waals surface area contributed by atoms with E-state index in [-0.39, 0.29) is 0 Å². The molecule has 0 aliphatic carbocycles. The Morgan fingerprint density at radius 2 is 0.939 bits per heavy atom. The van der Waals surface area contributed by atoms with E-state index in [1.165, 1.54) is 48.4 Å². The Hall–Kier alpha value is -5.97. The second-order valence-electron chi connectivity index (χ2n) is 13.0. The second-order valence-corrected chi connectivity index (χ2v) is 16.7. The van der Waals surface area contributed by atoms with Gasteiger partial charge in [-0.15, -0.1) is 0 Å². The van der Waals surface area contributed by atoms with Crippen molar-refractivity contribution >= 4 is 39.6 Å². The first kappa shape index (κ1) is 29.2. The van der Waals surface area contributed by atoms with Gasteiger partial charge in [-0.25, -0.2) is 15.0 Å². The highest BCUT2D eigenvalue weighted by atomic mass is 28.3. The third kappa shape index (κ3) is 4.75. The van der Waals surface area contributed by atoms with E-state index >= 15 is 0 Å². The van der Waals surface area contributed by atoms with Gasteiger partial charge in [0.1, 0.15) is 0 Å². The van der Waals surface area contributed by atoms with Crippen molar-refractivity contribution in [2.45, 2.75) is 13.8 Å². The number of aromatic nitrogens is 3. The van der Waals surface area contributed by atoms with Crippen LogP contribution in [0, 0.1) is 13.8 Å². The summed E-state index contributed by atoms with van der Waals surface area (Å²) in [6, 6.07) is 59.3. The molecule has 0 atom stereocenters. The van der Waals surface area contributed by atoms with Crippen LogP contribution in [0.25, 0.3) is 56.1 Å². The fourth-order valence-corrected chi connectivity index (χ4v) is 12.9. The van der Waals surface area contributed by atoms with Crippen LogP contribution in [-0.2, 0) is 0 Å². The van der Waals surface area contributed by atoms with E-state index in [1.807, 2.05) is 18.2 Å². The molecule has 1 aliphatic heterocycles. The zero-order valence-electron chi connectivity index (χ0n) is 27.4. The summed E-state index contributed by atoms with van der Waals surface area (Å²) in [4.78, 5) is 15.7. The summed E-state index contributed by atoms with van der Waals surface area (Å²) in [6.07, 6.45) is 0. The summed E-state index contributed by atoms with van der Waals surface area (Å²) < 4.78 is 0. The molecule has 4 heteroatoms. The monoisotopic (exact) mass is 643 g/mol. The van der Waals surface area contributed by atoms with Gasteiger partial charge in [0.05, 0.1) is 0 Å². The molecule has 9 rings (SSSR count). The fraction of sp³-hybridized carbons (Fsp3) is 0.0444. The van der Waals surface area contributed by atoms with Crippen molar-refractivity contribution < 1.29 is 0 Å². The van der Waals surface area contributed by atoms with Gasteiger partial charge in [-0.05, 0) is 62.6 Å². The minimum Gasteiger partial charge on any atom is -0.208 e. The molecule has 0 unspecified atom stereocenters. The van der Waals surface area contributed by atoms with Gasteiger partial charge in [0.2, 0.25) is 0 Å². The van der Waals surface area contributed by atoms with Gasteiger partial charge in [0.25, 0.3) is 0 Å². The molecule has 1 aromatic heterocycles. The Morgan fingerprint density at radius 3 is 1.65 bits per heavy atom. The lowest BCUT2D eigenvalue weighted by molar-refractivity contribution is 1.08. The van der Waals surface area contributed by atoms with Gasteiger partial charge in [-0.2, -0.15) is 0 Å². The first-order valence-electron chi connectivity index (χ1n) is 16.8. The maximum Gasteiger partial charge on any atom is 0.181 e. The highest BCUT2D eigenvalue weighted by Gasteiger charge is 2.50. The van der Waals surface area contributed by atoms with Crippen LogP contribution in [0.3, 0.4) is 0 Å². The number of rotatable bonds is 5. The van der Waals surface area contributed by atoms with E-state index in [2.05, 4.69) is 159 Å². The summed E-state index contributed by atoms with van der Waals surface area (Å²) in [5, 5.41) is 7.79. The van der Waals surface area contributed by atoms with E-state index in [4.69, 9.17) is 15.0 Å². The highest BCUT2D eigenvalue weighted by Crippen LogP contribution is 2.34. The normalized spacial score (nSPS) is 12.9. The largest absolute Gasteiger partial charge is 0.208 e. The molecule has 0 N–H and O–H groups in total. The van der Waals surface area contributed by atoms with E-state index in [0.29, 0.717) is 17.5 Å². The zero-order chi connectivity index (χ0) is 33.0. The Labute approximate surface area is 287 Å². The molecule has 7 aromatic carbocycles. The van der Waals surface area contributed by atoms with Crippen LogP contribution >= 0.6 is 0 Å². The third-order valence-corrected chi connectivity index (χ3v) is 14.9. The van der Waals surface area contributed by atoms with Gasteiger partial charge in [-0.1, -0.05) is 169 Å². The lowest BCUT2D eigenvalue weighted by atomic mass is 10.0. The molecular formula is C45H33N3Si. The number of nitrogens with zero attached hydrogens (tertiary/aromatic N) is 3. The van der Waals surface area contributed by atoms with Crippen LogP contribution in [0.1, 0.15) is 11.1 Å². The summed E-state index contributed by atoms with van der Waals surface area (Å²) in [6.45, 7) is 4.33. The van der Waals surface area contributed by atoms with Crippen molar-refractivity contribution in [2.24, 2.45) is 0 Å². The van der Waals surface area contributed by atoms with Gasteiger partial charge in [0, 0.05) is 16.7 Å². The van der Waals surface area contributed by atoms with Crippen molar-refractivity contribution in [2.75, 3.05) is 0 Å². The summed E-state index contributed by atoms with van der Waals surface area (Å²) in [5.41, 5.74) is 8.04. The molecule has 49 heavy (non-hydrogen) atoms. The second kappa shape index (κ2) is 11.6. The fourth-order valence-electron chi connectivity index (χ4n) is 7.59. The first-order valence-corrected chi connectivity index (χ1v) is 18.8. The topological polar surface area (TPSA) is 38.7 Å². The molecule has 1 aliphatic rings. The SMILES string of the molecule is Cc1ccc([Si]2(c3ccc(C)cc3)c3ccccc3-c3cccc(-c4nc(-c5ccccc5)nc(-c5ccc6ccccc6c5)n4)c32)cc1. The maximum atomic E-state index is 5.33. The van der Waals surface area contributed by atoms with Crippen LogP contribution < -0.4 is 20.7 Å². The lowest BCUT2D eigenvalue weighted by Crippen LogP contribution is -2.73. The summed E-state index contributed by atoms with van der Waals surface area (Å²) in [7, 11) is -2.83. The van der Waals surface area contributed by atoms with Crippen molar-refractivity contribution in [3.63, 3.8) is 0 Å². The minimum atomic E-state index is -2.83. The van der Waals surface area contributed by atoms with Crippen molar-refractivity contribution in [3.05, 3.63) is 175 Å². The smallest absolute Gasteiger partial charge is 0.181 e. The van der Waals surface area contributed by atoms with Crippen LogP contribution in [0.5, 0.6) is 0 Å². The van der Waals surface area contributed by atoms with Gasteiger partial charge >= 0.3 is 0 Å². The summed E-state index contributed by atoms with van der Waals surface area (Å²) in [5.74, 6) is 2.03. The predicted octanol–water partition coefficient (Wildman–Crippen LogP) is 8.00. The number of fused-ring (bicyclic) bond motifs is 4. The van der Waals surface area contributed by atoms with Gasteiger partial charge < -0.3 is 0 Å². The predicted molar refractivity (Wildman–Crippen MR) is 206 cm³/mol. The standard InChI is InChI=1S/C45H33N3Si/c1-30-19-25-36(26-20-30)49(37-27-21-31(2)22-28-37)41-18-9-8-15-38(41)39-16-10-17-40(42(39)49)45-47-43(33-12-4-3-5-13-33)46-44(48-45)35-24-23-32-11-6-7-14-34(32)29-35/h3-29H,1-2H3. The molecule has 8 aromatic rings. The number of aryl methyl sites for hydroxylation is 2. The van der Waals surface area contributed by atoms with Gasteiger partial charge in [-0.3, -0.25) is 0 Å². The van der Waals surface area contributed by atoms with Crippen LogP contribution in [0.15, 0.2) is 164 Å². The molecule has 0 bridgehead atoms. The molecule has 0 fully saturated rings. The Kier molecular flexibility index (Phi) is 6.92. The number of benzene rings is 7. The maximum absolute atomic E-state index is 5.33. The van der Waals surface area contributed by atoms with E-state index in [0.717, 1.165) is 22.1 Å². The molecule has 0 spiro atoms. The van der Waals surface area contributed by atoms with Crippen molar-refractivity contribution in [1.82, 2.24) is 15.0 Å². The average Bonchev–Trinajstić information content (AvgIpc) is 3.47. The average molecular weight is 644 g/mol. The zero-order valence-corrected chi connectivity index (χ0v) is 28.4. The number of hydrogen-bond acceptors (Lipinski definition) is 3. The lowest BCUT2D eigenvalue weighted by Gasteiger charge is -2.32. The van der Waals surface area contributed by atoms with E-state index < -0.39 is 8.07 Å². The van der Waals surface area contributed by atoms with E-state index in [9.17, 15) is 0 Å². The molecule has 0 amide bonds. The molecular weight excluding hydrogens is 611 g/mol. The van der Waals surface area contributed by atoms with Crippen molar-refractivity contribution in [1.29, 1.82) is 0 Å². The minimum absolute atomic E-state index is 0.666. The first-order chi connectivity index (χ1) is 24.1. The molecule has 232 valence electrons. The third-order valence-electron chi connectivity index (χ3n) is 9.95. The number of hydrogen-bond donors (Lipinski definition) is 0. The highest BCUT2D eigenvalue weighted by molar-refractivity contribution is 7.22. The van der Waals surface area contributed by atoms with Crippen LogP contribution in [0.2, 0.25) is 0 Å². The van der Waals surface area contributed by atoms with Gasteiger partial charge in [0.15, 0.2) is 25.5 Å². The van der Waals surface area contributed by atoms with E-state index in [1.54, 1.807) is 0 Å². The Bertz CT molecular complexity index is 2460. The Balaban J connectivity index is 1.37. The quantitative estimate of drug-likeness (QED) is 0.179. The molecule has 0 radical (unpaired) electrons. The van der Waals surface area contributed by atoms with Crippen LogP contribution in [0.4, 0.5) is 0 Å².